The minimum absolute atomic E-state index is 0.306. The quantitative estimate of drug-likeness (QED) is 0.807. The second-order valence-electron chi connectivity index (χ2n) is 4.75. The lowest BCUT2D eigenvalue weighted by Gasteiger charge is -2.34. The molecule has 0 aliphatic heterocycles. The van der Waals surface area contributed by atoms with Crippen molar-refractivity contribution >= 4 is 0 Å². The molecule has 0 aromatic carbocycles. The molecule has 1 aliphatic carbocycles. The lowest BCUT2D eigenvalue weighted by Crippen LogP contribution is -2.37. The van der Waals surface area contributed by atoms with E-state index in [9.17, 15) is 0 Å². The van der Waals surface area contributed by atoms with Crippen LogP contribution in [-0.2, 0) is 6.42 Å². The van der Waals surface area contributed by atoms with Crippen LogP contribution in [0, 0.1) is 5.92 Å². The number of imidazole rings is 1. The van der Waals surface area contributed by atoms with Gasteiger partial charge in [0.1, 0.15) is 5.82 Å². The summed E-state index contributed by atoms with van der Waals surface area (Å²) in [5, 5.41) is 0. The second-order valence-corrected chi connectivity index (χ2v) is 4.75. The summed E-state index contributed by atoms with van der Waals surface area (Å²) in [4.78, 5) is 4.38. The fourth-order valence-electron chi connectivity index (χ4n) is 2.61. The van der Waals surface area contributed by atoms with Crippen molar-refractivity contribution in [1.82, 2.24) is 9.55 Å². The van der Waals surface area contributed by atoms with Gasteiger partial charge in [0.25, 0.3) is 0 Å². The van der Waals surface area contributed by atoms with Gasteiger partial charge < -0.3 is 10.3 Å². The van der Waals surface area contributed by atoms with Crippen molar-refractivity contribution in [1.29, 1.82) is 0 Å². The summed E-state index contributed by atoms with van der Waals surface area (Å²) in [5.41, 5.74) is 6.21. The molecule has 0 amide bonds. The van der Waals surface area contributed by atoms with Crippen molar-refractivity contribution in [2.24, 2.45) is 11.7 Å². The molecule has 1 heterocycles. The van der Waals surface area contributed by atoms with Crippen LogP contribution in [0.2, 0.25) is 0 Å². The molecular weight excluding hydrogens is 186 g/mol. The van der Waals surface area contributed by atoms with Gasteiger partial charge in [-0.3, -0.25) is 0 Å². The van der Waals surface area contributed by atoms with Gasteiger partial charge in [-0.15, -0.1) is 0 Å². The van der Waals surface area contributed by atoms with Crippen molar-refractivity contribution in [3.63, 3.8) is 0 Å². The predicted molar refractivity (Wildman–Crippen MR) is 61.6 cm³/mol. The number of nitrogens with zero attached hydrogens (tertiary/aromatic N) is 2. The van der Waals surface area contributed by atoms with Crippen LogP contribution in [0.25, 0.3) is 0 Å². The lowest BCUT2D eigenvalue weighted by atomic mass is 9.83. The van der Waals surface area contributed by atoms with Gasteiger partial charge in [-0.1, -0.05) is 13.8 Å². The van der Waals surface area contributed by atoms with Gasteiger partial charge in [-0.2, -0.15) is 0 Å². The van der Waals surface area contributed by atoms with E-state index >= 15 is 0 Å². The molecule has 1 aromatic rings. The van der Waals surface area contributed by atoms with Crippen LogP contribution in [0.4, 0.5) is 0 Å². The first-order valence-corrected chi connectivity index (χ1v) is 5.99. The summed E-state index contributed by atoms with van der Waals surface area (Å²) in [6, 6.07) is 0.770. The normalized spacial score (nSPS) is 31.8. The van der Waals surface area contributed by atoms with E-state index in [0.717, 1.165) is 18.8 Å². The summed E-state index contributed by atoms with van der Waals surface area (Å²) < 4.78 is 2.29. The topological polar surface area (TPSA) is 43.8 Å². The minimum Gasteiger partial charge on any atom is -0.330 e. The molecule has 0 bridgehead atoms. The molecule has 3 unspecified atom stereocenters. The number of aromatic nitrogens is 2. The number of hydrogen-bond acceptors (Lipinski definition) is 2. The fourth-order valence-corrected chi connectivity index (χ4v) is 2.61. The molecule has 1 aliphatic rings. The Morgan fingerprint density at radius 3 is 3.07 bits per heavy atom. The summed E-state index contributed by atoms with van der Waals surface area (Å²) in [6.45, 7) is 4.47. The van der Waals surface area contributed by atoms with Crippen LogP contribution in [0.5, 0.6) is 0 Å². The van der Waals surface area contributed by atoms with Gasteiger partial charge >= 0.3 is 0 Å². The monoisotopic (exact) mass is 207 g/mol. The van der Waals surface area contributed by atoms with E-state index in [1.807, 2.05) is 6.20 Å². The first kappa shape index (κ1) is 10.7. The smallest absolute Gasteiger partial charge is 0.108 e. The summed E-state index contributed by atoms with van der Waals surface area (Å²) in [5.74, 6) is 1.96. The molecule has 1 fully saturated rings. The highest BCUT2D eigenvalue weighted by Crippen LogP contribution is 2.32. The number of nitrogens with two attached hydrogens (primary N) is 1. The van der Waals surface area contributed by atoms with E-state index in [4.69, 9.17) is 5.73 Å². The molecule has 3 heteroatoms. The Kier molecular flexibility index (Phi) is 3.10. The average Bonchev–Trinajstić information content (AvgIpc) is 2.69. The molecule has 2 N–H and O–H groups in total. The van der Waals surface area contributed by atoms with E-state index in [-0.39, 0.29) is 0 Å². The van der Waals surface area contributed by atoms with E-state index in [0.29, 0.717) is 12.1 Å². The summed E-state index contributed by atoms with van der Waals surface area (Å²) >= 11 is 0. The maximum atomic E-state index is 6.21. The second kappa shape index (κ2) is 4.35. The van der Waals surface area contributed by atoms with Crippen LogP contribution in [0.3, 0.4) is 0 Å². The standard InChI is InChI=1S/C12H21N3/c1-3-12-14-6-7-15(12)11-8-9(2)4-5-10(11)13/h6-7,9-11H,3-5,8,13H2,1-2H3. The third-order valence-electron chi connectivity index (χ3n) is 3.55. The average molecular weight is 207 g/mol. The number of aryl methyl sites for hydroxylation is 1. The van der Waals surface area contributed by atoms with Crippen LogP contribution >= 0.6 is 0 Å². The van der Waals surface area contributed by atoms with Crippen molar-refractivity contribution in [2.75, 3.05) is 0 Å². The highest BCUT2D eigenvalue weighted by atomic mass is 15.1. The maximum absolute atomic E-state index is 6.21. The molecule has 1 aromatic heterocycles. The zero-order chi connectivity index (χ0) is 10.8. The molecular formula is C12H21N3. The predicted octanol–water partition coefficient (Wildman–Crippen LogP) is 2.13. The van der Waals surface area contributed by atoms with Gasteiger partial charge in [0.15, 0.2) is 0 Å². The van der Waals surface area contributed by atoms with Gasteiger partial charge in [0, 0.05) is 24.9 Å². The molecule has 84 valence electrons. The molecule has 1 saturated carbocycles. The SMILES string of the molecule is CCc1nccn1C1CC(C)CCC1N. The maximum Gasteiger partial charge on any atom is 0.108 e. The first-order chi connectivity index (χ1) is 7.22. The van der Waals surface area contributed by atoms with E-state index < -0.39 is 0 Å². The van der Waals surface area contributed by atoms with Crippen LogP contribution in [0.1, 0.15) is 45.0 Å². The first-order valence-electron chi connectivity index (χ1n) is 5.99. The van der Waals surface area contributed by atoms with Crippen molar-refractivity contribution < 1.29 is 0 Å². The fraction of sp³-hybridized carbons (Fsp3) is 0.750. The van der Waals surface area contributed by atoms with Gasteiger partial charge in [0.05, 0.1) is 6.04 Å². The van der Waals surface area contributed by atoms with Crippen molar-refractivity contribution in [3.8, 4) is 0 Å². The third kappa shape index (κ3) is 2.07. The van der Waals surface area contributed by atoms with E-state index in [2.05, 4.69) is 29.6 Å². The Hall–Kier alpha value is -0.830. The van der Waals surface area contributed by atoms with E-state index in [1.54, 1.807) is 0 Å². The molecule has 3 atom stereocenters. The zero-order valence-electron chi connectivity index (χ0n) is 9.69. The lowest BCUT2D eigenvalue weighted by molar-refractivity contribution is 0.243. The van der Waals surface area contributed by atoms with Gasteiger partial charge in [0.2, 0.25) is 0 Å². The third-order valence-corrected chi connectivity index (χ3v) is 3.55. The van der Waals surface area contributed by atoms with Crippen LogP contribution in [-0.4, -0.2) is 15.6 Å². The molecule has 3 nitrogen and oxygen atoms in total. The summed E-state index contributed by atoms with van der Waals surface area (Å²) in [6.07, 6.45) is 8.59. The zero-order valence-corrected chi connectivity index (χ0v) is 9.69. The Morgan fingerprint density at radius 1 is 1.53 bits per heavy atom. The van der Waals surface area contributed by atoms with Gasteiger partial charge in [-0.25, -0.2) is 4.98 Å². The Labute approximate surface area is 91.7 Å². The molecule has 0 saturated heterocycles. The van der Waals surface area contributed by atoms with E-state index in [1.165, 1.54) is 18.7 Å². The Balaban J connectivity index is 2.20. The Morgan fingerprint density at radius 2 is 2.33 bits per heavy atom. The van der Waals surface area contributed by atoms with Crippen molar-refractivity contribution in [3.05, 3.63) is 18.2 Å². The molecule has 15 heavy (non-hydrogen) atoms. The molecule has 2 rings (SSSR count). The number of hydrogen-bond donors (Lipinski definition) is 1. The highest BCUT2D eigenvalue weighted by molar-refractivity contribution is 4.99. The number of rotatable bonds is 2. The molecule has 0 spiro atoms. The van der Waals surface area contributed by atoms with Crippen molar-refractivity contribution in [2.45, 2.75) is 51.6 Å². The van der Waals surface area contributed by atoms with Gasteiger partial charge in [-0.05, 0) is 25.2 Å². The highest BCUT2D eigenvalue weighted by Gasteiger charge is 2.27. The van der Waals surface area contributed by atoms with Crippen LogP contribution < -0.4 is 5.73 Å². The molecule has 0 radical (unpaired) electrons. The van der Waals surface area contributed by atoms with Crippen LogP contribution in [0.15, 0.2) is 12.4 Å². The largest absolute Gasteiger partial charge is 0.330 e. The summed E-state index contributed by atoms with van der Waals surface area (Å²) in [7, 11) is 0. The minimum atomic E-state index is 0.306. The Bertz CT molecular complexity index is 318.